The molecule has 0 atom stereocenters. The number of carbonyl (C=O) groups is 2. The molecule has 0 saturated heterocycles. The maximum Gasteiger partial charge on any atom is 0.316 e. The SMILES string of the molecule is C=C(C)C(=O)C(OC(=O)C(C)(C)C)=C(C)C. The van der Waals surface area contributed by atoms with Crippen LogP contribution >= 0.6 is 0 Å². The van der Waals surface area contributed by atoms with Gasteiger partial charge in [0.2, 0.25) is 5.78 Å². The predicted octanol–water partition coefficient (Wildman–Crippen LogP) is 3.01. The van der Waals surface area contributed by atoms with Crippen molar-refractivity contribution in [2.75, 3.05) is 0 Å². The number of allylic oxidation sites excluding steroid dienone is 2. The van der Waals surface area contributed by atoms with Gasteiger partial charge in [-0.05, 0) is 52.7 Å². The Balaban J connectivity index is 5.04. The average Bonchev–Trinajstić information content (AvgIpc) is 2.10. The largest absolute Gasteiger partial charge is 0.422 e. The van der Waals surface area contributed by atoms with Gasteiger partial charge in [-0.3, -0.25) is 9.59 Å². The van der Waals surface area contributed by atoms with Crippen molar-refractivity contribution in [3.8, 4) is 0 Å². The molecular formula is C13H20O3. The quantitative estimate of drug-likeness (QED) is 0.420. The first-order valence-electron chi connectivity index (χ1n) is 5.17. The summed E-state index contributed by atoms with van der Waals surface area (Å²) in [5.41, 5.74) is 0.402. The van der Waals surface area contributed by atoms with Crippen molar-refractivity contribution < 1.29 is 14.3 Å². The fourth-order valence-corrected chi connectivity index (χ4v) is 0.815. The molecule has 0 fully saturated rings. The summed E-state index contributed by atoms with van der Waals surface area (Å²) >= 11 is 0. The van der Waals surface area contributed by atoms with Gasteiger partial charge in [-0.15, -0.1) is 0 Å². The molecule has 0 aromatic heterocycles. The standard InChI is InChI=1S/C13H20O3/c1-8(2)10(14)11(9(3)4)16-12(15)13(5,6)7/h1H2,2-7H3. The molecule has 0 radical (unpaired) electrons. The molecule has 0 unspecified atom stereocenters. The Labute approximate surface area is 97.2 Å². The molecule has 0 bridgehead atoms. The van der Waals surface area contributed by atoms with Crippen LogP contribution < -0.4 is 0 Å². The zero-order valence-electron chi connectivity index (χ0n) is 10.9. The third-order valence-corrected chi connectivity index (χ3v) is 1.86. The first kappa shape index (κ1) is 14.6. The lowest BCUT2D eigenvalue weighted by Crippen LogP contribution is -2.25. The van der Waals surface area contributed by atoms with E-state index in [0.29, 0.717) is 11.1 Å². The maximum atomic E-state index is 11.7. The molecule has 0 aliphatic heterocycles. The predicted molar refractivity (Wildman–Crippen MR) is 63.7 cm³/mol. The Morgan fingerprint density at radius 2 is 1.50 bits per heavy atom. The molecule has 0 aromatic carbocycles. The van der Waals surface area contributed by atoms with Crippen LogP contribution in [0.4, 0.5) is 0 Å². The second-order valence-electron chi connectivity index (χ2n) is 5.08. The van der Waals surface area contributed by atoms with Crippen LogP contribution in [0, 0.1) is 5.41 Å². The molecule has 0 aromatic rings. The number of esters is 1. The van der Waals surface area contributed by atoms with Crippen molar-refractivity contribution >= 4 is 11.8 Å². The minimum Gasteiger partial charge on any atom is -0.422 e. The second-order valence-corrected chi connectivity index (χ2v) is 5.08. The molecule has 0 aliphatic rings. The fourth-order valence-electron chi connectivity index (χ4n) is 0.815. The average molecular weight is 224 g/mol. The summed E-state index contributed by atoms with van der Waals surface area (Å²) in [4.78, 5) is 23.4. The molecule has 0 rings (SSSR count). The smallest absolute Gasteiger partial charge is 0.316 e. The summed E-state index contributed by atoms with van der Waals surface area (Å²) < 4.78 is 5.13. The van der Waals surface area contributed by atoms with Gasteiger partial charge >= 0.3 is 5.97 Å². The van der Waals surface area contributed by atoms with E-state index in [1.807, 2.05) is 0 Å². The van der Waals surface area contributed by atoms with E-state index >= 15 is 0 Å². The van der Waals surface area contributed by atoms with E-state index in [2.05, 4.69) is 6.58 Å². The van der Waals surface area contributed by atoms with Crippen LogP contribution in [0.1, 0.15) is 41.5 Å². The summed E-state index contributed by atoms with van der Waals surface area (Å²) in [7, 11) is 0. The Morgan fingerprint density at radius 3 is 1.75 bits per heavy atom. The van der Waals surface area contributed by atoms with Gasteiger partial charge in [-0.25, -0.2) is 0 Å². The first-order valence-corrected chi connectivity index (χ1v) is 5.17. The van der Waals surface area contributed by atoms with Gasteiger partial charge in [0.15, 0.2) is 5.76 Å². The molecular weight excluding hydrogens is 204 g/mol. The van der Waals surface area contributed by atoms with E-state index in [9.17, 15) is 9.59 Å². The van der Waals surface area contributed by atoms with Crippen molar-refractivity contribution in [1.29, 1.82) is 0 Å². The number of hydrogen-bond donors (Lipinski definition) is 0. The minimum absolute atomic E-state index is 0.0902. The van der Waals surface area contributed by atoms with Crippen LogP contribution in [0.15, 0.2) is 23.5 Å². The molecule has 16 heavy (non-hydrogen) atoms. The van der Waals surface area contributed by atoms with Gasteiger partial charge < -0.3 is 4.74 Å². The number of hydrogen-bond acceptors (Lipinski definition) is 3. The van der Waals surface area contributed by atoms with Crippen molar-refractivity contribution in [3.05, 3.63) is 23.5 Å². The van der Waals surface area contributed by atoms with Crippen molar-refractivity contribution in [2.24, 2.45) is 5.41 Å². The van der Waals surface area contributed by atoms with Crippen LogP contribution in [0.2, 0.25) is 0 Å². The summed E-state index contributed by atoms with van der Waals surface area (Å²) in [6.45, 7) is 13.8. The van der Waals surface area contributed by atoms with Gasteiger partial charge in [0.05, 0.1) is 5.41 Å². The normalized spacial score (nSPS) is 10.6. The number of carbonyl (C=O) groups excluding carboxylic acids is 2. The van der Waals surface area contributed by atoms with Crippen LogP contribution in [0.25, 0.3) is 0 Å². The summed E-state index contributed by atoms with van der Waals surface area (Å²) in [6, 6.07) is 0. The molecule has 0 spiro atoms. The number of ether oxygens (including phenoxy) is 1. The monoisotopic (exact) mass is 224 g/mol. The van der Waals surface area contributed by atoms with E-state index in [1.54, 1.807) is 41.5 Å². The van der Waals surface area contributed by atoms with E-state index in [0.717, 1.165) is 0 Å². The van der Waals surface area contributed by atoms with Crippen LogP contribution in [-0.2, 0) is 14.3 Å². The Hall–Kier alpha value is -1.38. The highest BCUT2D eigenvalue weighted by Gasteiger charge is 2.27. The van der Waals surface area contributed by atoms with Crippen molar-refractivity contribution in [2.45, 2.75) is 41.5 Å². The van der Waals surface area contributed by atoms with Crippen LogP contribution in [0.3, 0.4) is 0 Å². The lowest BCUT2D eigenvalue weighted by atomic mass is 9.97. The second kappa shape index (κ2) is 5.10. The van der Waals surface area contributed by atoms with Crippen molar-refractivity contribution in [3.63, 3.8) is 0 Å². The molecule has 3 heteroatoms. The molecule has 0 aliphatic carbocycles. The van der Waals surface area contributed by atoms with Gasteiger partial charge in [-0.1, -0.05) is 6.58 Å². The topological polar surface area (TPSA) is 43.4 Å². The lowest BCUT2D eigenvalue weighted by molar-refractivity contribution is -0.150. The number of rotatable bonds is 3. The highest BCUT2D eigenvalue weighted by atomic mass is 16.5. The van der Waals surface area contributed by atoms with Gasteiger partial charge in [0.1, 0.15) is 0 Å². The Kier molecular flexibility index (Phi) is 4.66. The minimum atomic E-state index is -0.629. The van der Waals surface area contributed by atoms with Crippen LogP contribution in [0.5, 0.6) is 0 Å². The van der Waals surface area contributed by atoms with Gasteiger partial charge in [0, 0.05) is 0 Å². The molecule has 0 heterocycles. The highest BCUT2D eigenvalue weighted by Crippen LogP contribution is 2.20. The summed E-state index contributed by atoms with van der Waals surface area (Å²) in [5, 5.41) is 0. The Bertz CT molecular complexity index is 350. The highest BCUT2D eigenvalue weighted by molar-refractivity contribution is 6.07. The lowest BCUT2D eigenvalue weighted by Gasteiger charge is -2.18. The molecule has 90 valence electrons. The molecule has 3 nitrogen and oxygen atoms in total. The zero-order valence-corrected chi connectivity index (χ0v) is 10.9. The van der Waals surface area contributed by atoms with E-state index in [1.165, 1.54) is 0 Å². The third-order valence-electron chi connectivity index (χ3n) is 1.86. The van der Waals surface area contributed by atoms with E-state index in [4.69, 9.17) is 4.74 Å². The van der Waals surface area contributed by atoms with Crippen molar-refractivity contribution in [1.82, 2.24) is 0 Å². The zero-order chi connectivity index (χ0) is 13.1. The fraction of sp³-hybridized carbons (Fsp3) is 0.538. The number of ketones is 1. The van der Waals surface area contributed by atoms with E-state index < -0.39 is 11.4 Å². The maximum absolute atomic E-state index is 11.7. The summed E-state index contributed by atoms with van der Waals surface area (Å²) in [6.07, 6.45) is 0. The third kappa shape index (κ3) is 4.01. The van der Waals surface area contributed by atoms with E-state index in [-0.39, 0.29) is 11.5 Å². The molecule has 0 N–H and O–H groups in total. The van der Waals surface area contributed by atoms with Crippen LogP contribution in [-0.4, -0.2) is 11.8 Å². The molecule has 0 amide bonds. The molecule has 0 saturated carbocycles. The first-order chi connectivity index (χ1) is 7.07. The summed E-state index contributed by atoms with van der Waals surface area (Å²) in [5.74, 6) is -0.650. The van der Waals surface area contributed by atoms with Gasteiger partial charge in [-0.2, -0.15) is 0 Å². The number of Topliss-reactive ketones (excluding diaryl/α,β-unsaturated/α-hetero) is 1. The van der Waals surface area contributed by atoms with Gasteiger partial charge in [0.25, 0.3) is 0 Å². The Morgan fingerprint density at radius 1 is 1.06 bits per heavy atom.